The van der Waals surface area contributed by atoms with E-state index in [2.05, 4.69) is 0 Å². The van der Waals surface area contributed by atoms with E-state index in [1.54, 1.807) is 20.8 Å². The highest BCUT2D eigenvalue weighted by atomic mass is 19.4. The maximum Gasteiger partial charge on any atom is 0.406 e. The predicted molar refractivity (Wildman–Crippen MR) is 60.4 cm³/mol. The van der Waals surface area contributed by atoms with Gasteiger partial charge in [-0.25, -0.2) is 0 Å². The molecule has 102 valence electrons. The van der Waals surface area contributed by atoms with Crippen LogP contribution in [0, 0.1) is 5.92 Å². The number of alkyl halides is 3. The number of hydrogen-bond donors (Lipinski definition) is 1. The fourth-order valence-corrected chi connectivity index (χ4v) is 1.39. The fourth-order valence-electron chi connectivity index (χ4n) is 1.39. The summed E-state index contributed by atoms with van der Waals surface area (Å²) in [6, 6.07) is 0. The molecule has 0 rings (SSSR count). The summed E-state index contributed by atoms with van der Waals surface area (Å²) in [5.74, 6) is -0.681. The highest BCUT2D eigenvalue weighted by Gasteiger charge is 2.38. The third-order valence-corrected chi connectivity index (χ3v) is 2.47. The number of carbonyl (C=O) groups excluding carboxylic acids is 1. The lowest BCUT2D eigenvalue weighted by Crippen LogP contribution is -2.55. The maximum absolute atomic E-state index is 12.4. The lowest BCUT2D eigenvalue weighted by Gasteiger charge is -2.32. The van der Waals surface area contributed by atoms with Gasteiger partial charge < -0.3 is 10.6 Å². The second-order valence-electron chi connectivity index (χ2n) is 4.97. The number of hydrogen-bond acceptors (Lipinski definition) is 2. The lowest BCUT2D eigenvalue weighted by atomic mass is 9.98. The van der Waals surface area contributed by atoms with Crippen LogP contribution in [0.25, 0.3) is 0 Å². The Labute approximate surface area is 100 Å². The molecule has 1 unspecified atom stereocenters. The van der Waals surface area contributed by atoms with Gasteiger partial charge in [0.1, 0.15) is 6.54 Å². The van der Waals surface area contributed by atoms with Crippen LogP contribution in [0.15, 0.2) is 0 Å². The molecular weight excluding hydrogens is 233 g/mol. The molecule has 2 N–H and O–H groups in total. The Balaban J connectivity index is 4.86. The summed E-state index contributed by atoms with van der Waals surface area (Å²) < 4.78 is 37.1. The zero-order chi connectivity index (χ0) is 13.9. The molecule has 0 saturated heterocycles. The van der Waals surface area contributed by atoms with Crippen molar-refractivity contribution >= 4 is 5.91 Å². The quantitative estimate of drug-likeness (QED) is 0.817. The molecule has 1 atom stereocenters. The van der Waals surface area contributed by atoms with Crippen LogP contribution in [-0.2, 0) is 4.79 Å². The first-order valence-electron chi connectivity index (χ1n) is 5.64. The number of carbonyl (C=O) groups is 1. The van der Waals surface area contributed by atoms with Crippen molar-refractivity contribution < 1.29 is 18.0 Å². The van der Waals surface area contributed by atoms with Crippen molar-refractivity contribution in [3.05, 3.63) is 0 Å². The van der Waals surface area contributed by atoms with Gasteiger partial charge in [-0.15, -0.1) is 0 Å². The lowest BCUT2D eigenvalue weighted by molar-refractivity contribution is -0.165. The second-order valence-corrected chi connectivity index (χ2v) is 4.97. The minimum atomic E-state index is -4.39. The van der Waals surface area contributed by atoms with E-state index < -0.39 is 24.2 Å². The van der Waals surface area contributed by atoms with Gasteiger partial charge in [0.25, 0.3) is 0 Å². The summed E-state index contributed by atoms with van der Waals surface area (Å²) in [4.78, 5) is 12.7. The minimum absolute atomic E-state index is 0.0334. The number of halogens is 3. The molecule has 0 spiro atoms. The van der Waals surface area contributed by atoms with Crippen LogP contribution < -0.4 is 5.73 Å². The van der Waals surface area contributed by atoms with Crippen molar-refractivity contribution in [2.24, 2.45) is 11.7 Å². The molecule has 0 aromatic carbocycles. The molecule has 6 heteroatoms. The summed E-state index contributed by atoms with van der Waals surface area (Å²) in [5, 5.41) is 0. The molecule has 0 fully saturated rings. The van der Waals surface area contributed by atoms with Crippen LogP contribution in [0.1, 0.15) is 34.1 Å². The molecule has 3 nitrogen and oxygen atoms in total. The van der Waals surface area contributed by atoms with Crippen molar-refractivity contribution in [1.82, 2.24) is 4.90 Å². The molecule has 0 bridgehead atoms. The smallest absolute Gasteiger partial charge is 0.332 e. The van der Waals surface area contributed by atoms with E-state index >= 15 is 0 Å². The Kier molecular flexibility index (Phi) is 5.45. The van der Waals surface area contributed by atoms with Crippen molar-refractivity contribution in [2.45, 2.75) is 45.8 Å². The van der Waals surface area contributed by atoms with Crippen LogP contribution >= 0.6 is 0 Å². The zero-order valence-electron chi connectivity index (χ0n) is 10.8. The highest BCUT2D eigenvalue weighted by molar-refractivity contribution is 5.85. The predicted octanol–water partition coefficient (Wildman–Crippen LogP) is 2.16. The fraction of sp³-hybridized carbons (Fsp3) is 0.909. The van der Waals surface area contributed by atoms with Gasteiger partial charge in [-0.1, -0.05) is 20.8 Å². The SMILES string of the molecule is CCC(C)(N)C(=O)N(CC(C)C)CC(F)(F)F. The summed E-state index contributed by atoms with van der Waals surface area (Å²) in [6.07, 6.45) is -4.09. The number of amides is 1. The van der Waals surface area contributed by atoms with E-state index in [-0.39, 0.29) is 12.5 Å². The van der Waals surface area contributed by atoms with Crippen molar-refractivity contribution in [2.75, 3.05) is 13.1 Å². The van der Waals surface area contributed by atoms with E-state index in [4.69, 9.17) is 5.73 Å². The second kappa shape index (κ2) is 5.71. The van der Waals surface area contributed by atoms with Gasteiger partial charge >= 0.3 is 6.18 Å². The van der Waals surface area contributed by atoms with Crippen LogP contribution in [0.4, 0.5) is 13.2 Å². The van der Waals surface area contributed by atoms with E-state index in [9.17, 15) is 18.0 Å². The number of nitrogens with zero attached hydrogens (tertiary/aromatic N) is 1. The molecule has 0 radical (unpaired) electrons. The van der Waals surface area contributed by atoms with E-state index in [1.807, 2.05) is 0 Å². The minimum Gasteiger partial charge on any atom is -0.332 e. The Bertz CT molecular complexity index is 262. The van der Waals surface area contributed by atoms with Crippen molar-refractivity contribution in [3.8, 4) is 0 Å². The maximum atomic E-state index is 12.4. The Morgan fingerprint density at radius 3 is 2.12 bits per heavy atom. The number of nitrogens with two attached hydrogens (primary N) is 1. The average molecular weight is 254 g/mol. The molecule has 17 heavy (non-hydrogen) atoms. The monoisotopic (exact) mass is 254 g/mol. The standard InChI is InChI=1S/C11H21F3N2O/c1-5-10(4,15)9(17)16(6-8(2)3)7-11(12,13)14/h8H,5-7,15H2,1-4H3. The molecule has 0 saturated carbocycles. The molecule has 0 aliphatic rings. The average Bonchev–Trinajstić information content (AvgIpc) is 2.12. The molecule has 0 aliphatic heterocycles. The molecule has 0 aliphatic carbocycles. The largest absolute Gasteiger partial charge is 0.406 e. The van der Waals surface area contributed by atoms with Gasteiger partial charge in [-0.05, 0) is 19.3 Å². The van der Waals surface area contributed by atoms with Gasteiger partial charge in [0, 0.05) is 6.54 Å². The van der Waals surface area contributed by atoms with Crippen LogP contribution in [0.3, 0.4) is 0 Å². The highest BCUT2D eigenvalue weighted by Crippen LogP contribution is 2.20. The summed E-state index contributed by atoms with van der Waals surface area (Å²) in [5.41, 5.74) is 4.46. The van der Waals surface area contributed by atoms with Gasteiger partial charge in [-0.3, -0.25) is 4.79 Å². The third kappa shape index (κ3) is 5.91. The Morgan fingerprint density at radius 1 is 1.35 bits per heavy atom. The van der Waals surface area contributed by atoms with Crippen LogP contribution in [-0.4, -0.2) is 35.6 Å². The van der Waals surface area contributed by atoms with Crippen molar-refractivity contribution in [1.29, 1.82) is 0 Å². The topological polar surface area (TPSA) is 46.3 Å². The summed E-state index contributed by atoms with van der Waals surface area (Å²) in [7, 11) is 0. The molecule has 0 aromatic heterocycles. The summed E-state index contributed by atoms with van der Waals surface area (Å²) in [6.45, 7) is 5.48. The molecule has 0 heterocycles. The molecular formula is C11H21F3N2O. The molecule has 1 amide bonds. The van der Waals surface area contributed by atoms with Gasteiger partial charge in [0.05, 0.1) is 5.54 Å². The first-order chi connectivity index (χ1) is 7.49. The van der Waals surface area contributed by atoms with Crippen molar-refractivity contribution in [3.63, 3.8) is 0 Å². The van der Waals surface area contributed by atoms with Crippen LogP contribution in [0.5, 0.6) is 0 Å². The number of rotatable bonds is 5. The van der Waals surface area contributed by atoms with Gasteiger partial charge in [0.2, 0.25) is 5.91 Å². The van der Waals surface area contributed by atoms with Gasteiger partial charge in [-0.2, -0.15) is 13.2 Å². The third-order valence-electron chi connectivity index (χ3n) is 2.47. The molecule has 0 aromatic rings. The zero-order valence-corrected chi connectivity index (χ0v) is 10.8. The normalized spacial score (nSPS) is 15.8. The van der Waals surface area contributed by atoms with Gasteiger partial charge in [0.15, 0.2) is 0 Å². The van der Waals surface area contributed by atoms with E-state index in [0.717, 1.165) is 4.90 Å². The summed E-state index contributed by atoms with van der Waals surface area (Å²) >= 11 is 0. The van der Waals surface area contributed by atoms with E-state index in [0.29, 0.717) is 6.42 Å². The Morgan fingerprint density at radius 2 is 1.82 bits per heavy atom. The Hall–Kier alpha value is -0.780. The van der Waals surface area contributed by atoms with E-state index in [1.165, 1.54) is 6.92 Å². The van der Waals surface area contributed by atoms with Crippen LogP contribution in [0.2, 0.25) is 0 Å². The first kappa shape index (κ1) is 16.2. The first-order valence-corrected chi connectivity index (χ1v) is 5.64.